The van der Waals surface area contributed by atoms with E-state index >= 15 is 0 Å². The Morgan fingerprint density at radius 2 is 2.16 bits per heavy atom. The molecule has 0 saturated carbocycles. The average molecular weight is 277 g/mol. The van der Waals surface area contributed by atoms with Crippen molar-refractivity contribution in [2.45, 2.75) is 10.1 Å². The van der Waals surface area contributed by atoms with E-state index in [-0.39, 0.29) is 5.91 Å². The Hall–Kier alpha value is -2.02. The molecule has 0 spiro atoms. The standard InChI is InChI=1S/C12H15N5OS/c1-16(2)11(18)8-4-5-10(9(13)6-8)19-12-15-14-7-17(12)3/h4-7H,13H2,1-3H3. The first-order valence-corrected chi connectivity index (χ1v) is 6.43. The fraction of sp³-hybridized carbons (Fsp3) is 0.250. The molecule has 0 aliphatic carbocycles. The summed E-state index contributed by atoms with van der Waals surface area (Å²) in [5, 5.41) is 8.54. The topological polar surface area (TPSA) is 77.0 Å². The SMILES string of the molecule is CN(C)C(=O)c1ccc(Sc2nncn2C)c(N)c1. The smallest absolute Gasteiger partial charge is 0.253 e. The molecule has 0 aliphatic heterocycles. The zero-order valence-corrected chi connectivity index (χ0v) is 11.8. The van der Waals surface area contributed by atoms with Gasteiger partial charge in [-0.15, -0.1) is 10.2 Å². The minimum atomic E-state index is -0.0677. The summed E-state index contributed by atoms with van der Waals surface area (Å²) in [6, 6.07) is 5.27. The Bertz CT molecular complexity index is 608. The molecule has 100 valence electrons. The molecule has 2 aromatic rings. The summed E-state index contributed by atoms with van der Waals surface area (Å²) >= 11 is 1.42. The molecule has 7 heteroatoms. The molecule has 0 radical (unpaired) electrons. The van der Waals surface area contributed by atoms with Crippen LogP contribution in [-0.2, 0) is 7.05 Å². The maximum absolute atomic E-state index is 11.8. The molecule has 2 rings (SSSR count). The van der Waals surface area contributed by atoms with Crippen molar-refractivity contribution >= 4 is 23.4 Å². The van der Waals surface area contributed by atoms with Crippen molar-refractivity contribution in [2.24, 2.45) is 7.05 Å². The van der Waals surface area contributed by atoms with Gasteiger partial charge in [-0.1, -0.05) is 0 Å². The summed E-state index contributed by atoms with van der Waals surface area (Å²) < 4.78 is 1.81. The van der Waals surface area contributed by atoms with Gasteiger partial charge in [-0.05, 0) is 30.0 Å². The lowest BCUT2D eigenvalue weighted by atomic mass is 10.2. The van der Waals surface area contributed by atoms with E-state index in [0.717, 1.165) is 10.1 Å². The van der Waals surface area contributed by atoms with Crippen molar-refractivity contribution in [3.63, 3.8) is 0 Å². The zero-order chi connectivity index (χ0) is 14.0. The number of benzene rings is 1. The van der Waals surface area contributed by atoms with E-state index < -0.39 is 0 Å². The van der Waals surface area contributed by atoms with Crippen molar-refractivity contribution in [1.82, 2.24) is 19.7 Å². The fourth-order valence-corrected chi connectivity index (χ4v) is 2.28. The summed E-state index contributed by atoms with van der Waals surface area (Å²) in [5.41, 5.74) is 7.11. The van der Waals surface area contributed by atoms with Crippen LogP contribution in [0.1, 0.15) is 10.4 Å². The third-order valence-electron chi connectivity index (χ3n) is 2.53. The van der Waals surface area contributed by atoms with Crippen LogP contribution in [0, 0.1) is 0 Å². The van der Waals surface area contributed by atoms with Crippen LogP contribution in [0.15, 0.2) is 34.6 Å². The molecule has 1 aromatic carbocycles. The number of aromatic nitrogens is 3. The lowest BCUT2D eigenvalue weighted by Crippen LogP contribution is -2.21. The third-order valence-corrected chi connectivity index (χ3v) is 3.68. The first-order valence-electron chi connectivity index (χ1n) is 5.62. The molecule has 0 atom stereocenters. The van der Waals surface area contributed by atoms with Gasteiger partial charge < -0.3 is 15.2 Å². The normalized spacial score (nSPS) is 10.5. The second-order valence-electron chi connectivity index (χ2n) is 4.28. The highest BCUT2D eigenvalue weighted by Crippen LogP contribution is 2.31. The molecule has 1 heterocycles. The Labute approximate surface area is 115 Å². The molecule has 1 amide bonds. The van der Waals surface area contributed by atoms with Crippen molar-refractivity contribution < 1.29 is 4.79 Å². The van der Waals surface area contributed by atoms with Crippen molar-refractivity contribution in [2.75, 3.05) is 19.8 Å². The Balaban J connectivity index is 2.25. The number of amides is 1. The van der Waals surface area contributed by atoms with Crippen LogP contribution in [0.4, 0.5) is 5.69 Å². The summed E-state index contributed by atoms with van der Waals surface area (Å²) in [6.07, 6.45) is 1.63. The van der Waals surface area contributed by atoms with Crippen molar-refractivity contribution in [3.05, 3.63) is 30.1 Å². The minimum absolute atomic E-state index is 0.0677. The van der Waals surface area contributed by atoms with Gasteiger partial charge in [0.2, 0.25) is 0 Å². The van der Waals surface area contributed by atoms with Gasteiger partial charge in [0.15, 0.2) is 5.16 Å². The van der Waals surface area contributed by atoms with Crippen LogP contribution >= 0.6 is 11.8 Å². The minimum Gasteiger partial charge on any atom is -0.398 e. The second kappa shape index (κ2) is 5.31. The number of carbonyl (C=O) groups excluding carboxylic acids is 1. The van der Waals surface area contributed by atoms with Gasteiger partial charge in [0, 0.05) is 37.3 Å². The number of rotatable bonds is 3. The van der Waals surface area contributed by atoms with E-state index in [0.29, 0.717) is 11.3 Å². The molecule has 0 aliphatic rings. The highest BCUT2D eigenvalue weighted by Gasteiger charge is 2.12. The molecular weight excluding hydrogens is 262 g/mol. The van der Waals surface area contributed by atoms with Crippen LogP contribution in [0.25, 0.3) is 0 Å². The van der Waals surface area contributed by atoms with E-state index in [1.165, 1.54) is 16.7 Å². The zero-order valence-electron chi connectivity index (χ0n) is 11.0. The maximum Gasteiger partial charge on any atom is 0.253 e. The Kier molecular flexibility index (Phi) is 3.75. The van der Waals surface area contributed by atoms with E-state index in [9.17, 15) is 4.79 Å². The number of hydrogen-bond donors (Lipinski definition) is 1. The summed E-state index contributed by atoms with van der Waals surface area (Å²) in [5.74, 6) is -0.0677. The number of nitrogens with two attached hydrogens (primary N) is 1. The van der Waals surface area contributed by atoms with Crippen LogP contribution in [0.3, 0.4) is 0 Å². The predicted octanol–water partition coefficient (Wildman–Crippen LogP) is 1.25. The molecule has 2 N–H and O–H groups in total. The highest BCUT2D eigenvalue weighted by molar-refractivity contribution is 7.99. The highest BCUT2D eigenvalue weighted by atomic mass is 32.2. The quantitative estimate of drug-likeness (QED) is 0.854. The predicted molar refractivity (Wildman–Crippen MR) is 74.0 cm³/mol. The van der Waals surface area contributed by atoms with Gasteiger partial charge in [-0.2, -0.15) is 0 Å². The third kappa shape index (κ3) is 2.87. The first-order chi connectivity index (χ1) is 8.99. The van der Waals surface area contributed by atoms with Crippen molar-refractivity contribution in [3.8, 4) is 0 Å². The Morgan fingerprint density at radius 3 is 2.68 bits per heavy atom. The molecule has 0 saturated heterocycles. The number of anilines is 1. The van der Waals surface area contributed by atoms with Crippen LogP contribution in [0.2, 0.25) is 0 Å². The molecule has 19 heavy (non-hydrogen) atoms. The summed E-state index contributed by atoms with van der Waals surface area (Å²) in [7, 11) is 5.28. The molecule has 0 bridgehead atoms. The van der Waals surface area contributed by atoms with Gasteiger partial charge in [0.1, 0.15) is 6.33 Å². The number of hydrogen-bond acceptors (Lipinski definition) is 5. The number of aryl methyl sites for hydroxylation is 1. The average Bonchev–Trinajstić information content (AvgIpc) is 2.76. The van der Waals surface area contributed by atoms with Crippen LogP contribution in [0.5, 0.6) is 0 Å². The van der Waals surface area contributed by atoms with E-state index in [1.54, 1.807) is 32.6 Å². The number of nitrogens with zero attached hydrogens (tertiary/aromatic N) is 4. The summed E-state index contributed by atoms with van der Waals surface area (Å²) in [4.78, 5) is 14.2. The molecule has 0 fully saturated rings. The fourth-order valence-electron chi connectivity index (χ4n) is 1.50. The van der Waals surface area contributed by atoms with E-state index in [4.69, 9.17) is 5.73 Å². The van der Waals surface area contributed by atoms with Gasteiger partial charge in [0.05, 0.1) is 0 Å². The summed E-state index contributed by atoms with van der Waals surface area (Å²) in [6.45, 7) is 0. The van der Waals surface area contributed by atoms with Gasteiger partial charge in [0.25, 0.3) is 5.91 Å². The van der Waals surface area contributed by atoms with Gasteiger partial charge in [-0.3, -0.25) is 4.79 Å². The monoisotopic (exact) mass is 277 g/mol. The first kappa shape index (κ1) is 13.4. The molecule has 6 nitrogen and oxygen atoms in total. The van der Waals surface area contributed by atoms with Gasteiger partial charge >= 0.3 is 0 Å². The molecule has 1 aromatic heterocycles. The second-order valence-corrected chi connectivity index (χ2v) is 5.29. The lowest BCUT2D eigenvalue weighted by molar-refractivity contribution is 0.0827. The Morgan fingerprint density at radius 1 is 1.42 bits per heavy atom. The molecular formula is C12H15N5OS. The van der Waals surface area contributed by atoms with Gasteiger partial charge in [-0.25, -0.2) is 0 Å². The number of nitrogen functional groups attached to an aromatic ring is 1. The van der Waals surface area contributed by atoms with E-state index in [2.05, 4.69) is 10.2 Å². The van der Waals surface area contributed by atoms with Crippen molar-refractivity contribution in [1.29, 1.82) is 0 Å². The van der Waals surface area contributed by atoms with Crippen LogP contribution in [-0.4, -0.2) is 39.7 Å². The van der Waals surface area contributed by atoms with E-state index in [1.807, 2.05) is 17.7 Å². The molecule has 0 unspecified atom stereocenters. The maximum atomic E-state index is 11.8. The lowest BCUT2D eigenvalue weighted by Gasteiger charge is -2.12. The largest absolute Gasteiger partial charge is 0.398 e. The van der Waals surface area contributed by atoms with Crippen LogP contribution < -0.4 is 5.73 Å². The number of carbonyl (C=O) groups is 1.